The quantitative estimate of drug-likeness (QED) is 0.0307. The minimum absolute atomic E-state index is 0.0126. The molecule has 356 valence electrons. The average molecular weight is 951 g/mol. The Morgan fingerprint density at radius 2 is 0.846 bits per heavy atom. The van der Waals surface area contributed by atoms with Crippen molar-refractivity contribution < 1.29 is 85.6 Å². The lowest BCUT2D eigenvalue weighted by molar-refractivity contribution is -0.153. The molecule has 1 heterocycles. The van der Waals surface area contributed by atoms with Crippen molar-refractivity contribution >= 4 is 59.3 Å². The zero-order valence-electron chi connectivity index (χ0n) is 36.7. The molecule has 0 amide bonds. The van der Waals surface area contributed by atoms with Crippen molar-refractivity contribution in [3.05, 3.63) is 45.7 Å². The summed E-state index contributed by atoms with van der Waals surface area (Å²) < 4.78 is 64.2. The molecular formula is C43H54N2O18S2. The fourth-order valence-electron chi connectivity index (χ4n) is 4.63. The molecule has 0 aliphatic carbocycles. The van der Waals surface area contributed by atoms with E-state index in [1.807, 2.05) is 19.1 Å². The number of carbonyl (C=O) groups is 6. The van der Waals surface area contributed by atoms with Gasteiger partial charge >= 0.3 is 35.8 Å². The Morgan fingerprint density at radius 3 is 1.25 bits per heavy atom. The summed E-state index contributed by atoms with van der Waals surface area (Å²) in [6.07, 6.45) is -0.719. The van der Waals surface area contributed by atoms with Crippen molar-refractivity contribution in [2.24, 2.45) is 0 Å². The highest BCUT2D eigenvalue weighted by molar-refractivity contribution is 8.24. The zero-order valence-corrected chi connectivity index (χ0v) is 38.3. The van der Waals surface area contributed by atoms with E-state index >= 15 is 0 Å². The van der Waals surface area contributed by atoms with Gasteiger partial charge in [0.1, 0.15) is 82.1 Å². The molecule has 0 atom stereocenters. The standard InChI is InChI=1S/C43H54N2O18S2/c1-29(2)41(50)62-24-22-59-36(48)8-6-34(46)57-19-15-53-11-10-52-14-18-56-33-26-31(5)38(40-39(33)64-43(65-40)32(27-44)28-45)61-21-17-55-13-12-54-16-20-58-35(47)7-9-37(49)60-23-25-63-42(51)30(3)4/h26H,1,3,6-25H2,2,4-5H3. The fourth-order valence-corrected chi connectivity index (χ4v) is 7.22. The van der Waals surface area contributed by atoms with Crippen LogP contribution in [0.1, 0.15) is 45.1 Å². The summed E-state index contributed by atoms with van der Waals surface area (Å²) >= 11 is 2.49. The molecule has 0 saturated carbocycles. The Kier molecular flexibility index (Phi) is 28.1. The van der Waals surface area contributed by atoms with Crippen LogP contribution >= 0.6 is 23.5 Å². The first kappa shape index (κ1) is 55.5. The van der Waals surface area contributed by atoms with E-state index in [1.54, 1.807) is 6.07 Å². The Morgan fingerprint density at radius 1 is 0.508 bits per heavy atom. The first-order valence-corrected chi connectivity index (χ1v) is 21.8. The zero-order chi connectivity index (χ0) is 47.8. The number of fused-ring (bicyclic) bond motifs is 1. The van der Waals surface area contributed by atoms with Gasteiger partial charge in [-0.15, -0.1) is 0 Å². The molecule has 0 spiro atoms. The number of allylic oxidation sites excluding steroid dienone is 1. The number of carbonyl (C=O) groups excluding carboxylic acids is 6. The Balaban J connectivity index is 1.62. The van der Waals surface area contributed by atoms with Crippen LogP contribution in [-0.4, -0.2) is 142 Å². The monoisotopic (exact) mass is 950 g/mol. The van der Waals surface area contributed by atoms with Crippen molar-refractivity contribution in [2.45, 2.75) is 56.2 Å². The molecule has 0 saturated heterocycles. The average Bonchev–Trinajstić information content (AvgIpc) is 3.72. The van der Waals surface area contributed by atoms with E-state index in [2.05, 4.69) is 13.2 Å². The minimum atomic E-state index is -0.628. The van der Waals surface area contributed by atoms with Crippen molar-refractivity contribution in [2.75, 3.05) is 106 Å². The molecule has 1 aliphatic rings. The Bertz CT molecular complexity index is 1910. The van der Waals surface area contributed by atoms with Crippen molar-refractivity contribution in [3.63, 3.8) is 0 Å². The first-order chi connectivity index (χ1) is 31.3. The fraction of sp³-hybridized carbons (Fsp3) is 0.535. The highest BCUT2D eigenvalue weighted by Gasteiger charge is 2.30. The van der Waals surface area contributed by atoms with Crippen LogP contribution in [0.3, 0.4) is 0 Å². The molecule has 1 aromatic rings. The van der Waals surface area contributed by atoms with Gasteiger partial charge in [0, 0.05) is 11.1 Å². The third kappa shape index (κ3) is 23.8. The van der Waals surface area contributed by atoms with E-state index in [0.717, 1.165) is 5.56 Å². The summed E-state index contributed by atoms with van der Waals surface area (Å²) in [4.78, 5) is 71.2. The summed E-state index contributed by atoms with van der Waals surface area (Å²) in [5.74, 6) is -2.52. The molecule has 0 radical (unpaired) electrons. The molecule has 1 aliphatic heterocycles. The lowest BCUT2D eigenvalue weighted by Crippen LogP contribution is -2.17. The SMILES string of the molecule is C=C(C)C(=O)OCCOC(=O)CCC(=O)OCCOCCOCCOc1cc(C)c(OCCOCCOCCOC(=O)CCC(=O)OCCOC(=O)C(=C)C)c2c1SC(=C(C#N)C#N)S2. The second kappa shape index (κ2) is 32.9. The summed E-state index contributed by atoms with van der Waals surface area (Å²) in [5.41, 5.74) is 1.19. The van der Waals surface area contributed by atoms with Gasteiger partial charge in [0.05, 0.1) is 92.6 Å². The van der Waals surface area contributed by atoms with Gasteiger partial charge in [-0.1, -0.05) is 36.7 Å². The third-order valence-electron chi connectivity index (χ3n) is 7.77. The van der Waals surface area contributed by atoms with Crippen molar-refractivity contribution in [1.29, 1.82) is 10.5 Å². The number of esters is 6. The van der Waals surface area contributed by atoms with Gasteiger partial charge in [-0.2, -0.15) is 10.5 Å². The molecule has 0 unspecified atom stereocenters. The van der Waals surface area contributed by atoms with Crippen LogP contribution in [-0.2, 0) is 76.1 Å². The summed E-state index contributed by atoms with van der Waals surface area (Å²) in [7, 11) is 0. The maximum Gasteiger partial charge on any atom is 0.333 e. The lowest BCUT2D eigenvalue weighted by atomic mass is 10.2. The van der Waals surface area contributed by atoms with E-state index in [-0.39, 0.29) is 148 Å². The number of hydrogen-bond donors (Lipinski definition) is 0. The van der Waals surface area contributed by atoms with Crippen LogP contribution in [0.25, 0.3) is 0 Å². The second-order valence-corrected chi connectivity index (χ2v) is 15.4. The van der Waals surface area contributed by atoms with E-state index in [9.17, 15) is 39.3 Å². The van der Waals surface area contributed by atoms with Gasteiger partial charge in [-0.05, 0) is 32.4 Å². The van der Waals surface area contributed by atoms with Crippen LogP contribution in [0.2, 0.25) is 0 Å². The van der Waals surface area contributed by atoms with Gasteiger partial charge in [-0.3, -0.25) is 19.2 Å². The molecule has 0 aromatic heterocycles. The second-order valence-electron chi connectivity index (χ2n) is 13.1. The number of hydrogen-bond acceptors (Lipinski definition) is 22. The number of rotatable bonds is 34. The van der Waals surface area contributed by atoms with Crippen LogP contribution < -0.4 is 9.47 Å². The molecule has 0 fully saturated rings. The molecule has 20 nitrogen and oxygen atoms in total. The number of benzene rings is 1. The maximum absolute atomic E-state index is 11.9. The summed E-state index contributed by atoms with van der Waals surface area (Å²) in [6, 6.07) is 5.66. The van der Waals surface area contributed by atoms with Gasteiger partial charge < -0.3 is 56.8 Å². The first-order valence-electron chi connectivity index (χ1n) is 20.2. The van der Waals surface area contributed by atoms with Crippen molar-refractivity contribution in [3.8, 4) is 23.6 Å². The van der Waals surface area contributed by atoms with Gasteiger partial charge in [0.25, 0.3) is 0 Å². The van der Waals surface area contributed by atoms with E-state index in [4.69, 9.17) is 56.8 Å². The highest BCUT2D eigenvalue weighted by Crippen LogP contribution is 2.59. The predicted octanol–water partition coefficient (Wildman–Crippen LogP) is 4.25. The van der Waals surface area contributed by atoms with Crippen LogP contribution in [0.5, 0.6) is 11.5 Å². The Hall–Kier alpha value is -5.62. The number of thioether (sulfide) groups is 2. The molecule has 1 aromatic carbocycles. The van der Waals surface area contributed by atoms with Crippen LogP contribution in [0, 0.1) is 29.6 Å². The molecule has 22 heteroatoms. The van der Waals surface area contributed by atoms with E-state index < -0.39 is 35.8 Å². The van der Waals surface area contributed by atoms with Crippen LogP contribution in [0.4, 0.5) is 0 Å². The number of aryl methyl sites for hydroxylation is 1. The number of nitrogens with zero attached hydrogens (tertiary/aromatic N) is 2. The highest BCUT2D eigenvalue weighted by atomic mass is 32.2. The van der Waals surface area contributed by atoms with Crippen LogP contribution in [0.15, 0.2) is 50.0 Å². The molecular weight excluding hydrogens is 897 g/mol. The van der Waals surface area contributed by atoms with Gasteiger partial charge in [0.15, 0.2) is 0 Å². The topological polar surface area (TPSA) is 261 Å². The van der Waals surface area contributed by atoms with Gasteiger partial charge in [-0.25, -0.2) is 9.59 Å². The summed E-state index contributed by atoms with van der Waals surface area (Å²) in [5, 5.41) is 19.0. The molecule has 65 heavy (non-hydrogen) atoms. The molecule has 0 bridgehead atoms. The normalized spacial score (nSPS) is 11.2. The smallest absolute Gasteiger partial charge is 0.333 e. The largest absolute Gasteiger partial charge is 0.490 e. The molecule has 0 N–H and O–H groups in total. The lowest BCUT2D eigenvalue weighted by Gasteiger charge is -2.16. The third-order valence-corrected chi connectivity index (χ3v) is 10.4. The van der Waals surface area contributed by atoms with E-state index in [1.165, 1.54) is 37.4 Å². The number of nitriles is 2. The Labute approximate surface area is 385 Å². The maximum atomic E-state index is 11.9. The summed E-state index contributed by atoms with van der Waals surface area (Å²) in [6.45, 7) is 13.2. The predicted molar refractivity (Wildman–Crippen MR) is 229 cm³/mol. The molecule has 2 rings (SSSR count). The minimum Gasteiger partial charge on any atom is -0.490 e. The van der Waals surface area contributed by atoms with Crippen molar-refractivity contribution in [1.82, 2.24) is 0 Å². The number of ether oxygens (including phenoxy) is 12. The van der Waals surface area contributed by atoms with Gasteiger partial charge in [0.2, 0.25) is 0 Å². The van der Waals surface area contributed by atoms with E-state index in [0.29, 0.717) is 25.5 Å².